The molecule has 1 saturated carbocycles. The highest BCUT2D eigenvalue weighted by molar-refractivity contribution is 5.79. The fraction of sp³-hybridized carbons (Fsp3) is 0.600. The number of benzene rings is 1. The first-order valence-electron chi connectivity index (χ1n) is 11.8. The van der Waals surface area contributed by atoms with E-state index in [4.69, 9.17) is 0 Å². The van der Waals surface area contributed by atoms with Crippen LogP contribution in [0.5, 0.6) is 0 Å². The second-order valence-corrected chi connectivity index (χ2v) is 9.36. The molecule has 1 aromatic heterocycles. The number of hydrogen-bond donors (Lipinski definition) is 1. The van der Waals surface area contributed by atoms with Gasteiger partial charge in [0.15, 0.2) is 0 Å². The van der Waals surface area contributed by atoms with E-state index < -0.39 is 0 Å². The predicted octanol–water partition coefficient (Wildman–Crippen LogP) is 4.33. The van der Waals surface area contributed by atoms with Crippen LogP contribution in [0.15, 0.2) is 24.3 Å². The molecule has 2 fully saturated rings. The van der Waals surface area contributed by atoms with Crippen molar-refractivity contribution in [3.8, 4) is 5.69 Å². The van der Waals surface area contributed by atoms with Crippen LogP contribution >= 0.6 is 0 Å². The van der Waals surface area contributed by atoms with Crippen LogP contribution in [-0.4, -0.2) is 46.3 Å². The first kappa shape index (κ1) is 22.0. The molecule has 0 atom stereocenters. The molecule has 1 aliphatic heterocycles. The lowest BCUT2D eigenvalue weighted by Gasteiger charge is -2.35. The Kier molecular flexibility index (Phi) is 7.06. The molecule has 4 rings (SSSR count). The van der Waals surface area contributed by atoms with E-state index in [9.17, 15) is 9.18 Å². The maximum atomic E-state index is 13.2. The van der Waals surface area contributed by atoms with Crippen LogP contribution in [0.25, 0.3) is 5.69 Å². The van der Waals surface area contributed by atoms with E-state index in [1.54, 1.807) is 16.8 Å². The van der Waals surface area contributed by atoms with Gasteiger partial charge < -0.3 is 10.2 Å². The van der Waals surface area contributed by atoms with E-state index in [-0.39, 0.29) is 17.8 Å². The molecule has 1 amide bonds. The number of hydrogen-bond acceptors (Lipinski definition) is 3. The molecule has 0 unspecified atom stereocenters. The first-order chi connectivity index (χ1) is 15.0. The summed E-state index contributed by atoms with van der Waals surface area (Å²) in [5.41, 5.74) is 3.54. The molecule has 5 nitrogen and oxygen atoms in total. The molecule has 1 aromatic carbocycles. The van der Waals surface area contributed by atoms with Gasteiger partial charge in [0.25, 0.3) is 0 Å². The third kappa shape index (κ3) is 5.53. The van der Waals surface area contributed by atoms with Crippen LogP contribution in [0.1, 0.15) is 61.9 Å². The predicted molar refractivity (Wildman–Crippen MR) is 121 cm³/mol. The highest BCUT2D eigenvalue weighted by Crippen LogP contribution is 2.25. The monoisotopic (exact) mass is 426 g/mol. The van der Waals surface area contributed by atoms with Crippen LogP contribution in [-0.2, 0) is 11.2 Å². The number of rotatable bonds is 6. The van der Waals surface area contributed by atoms with Gasteiger partial charge in [0, 0.05) is 36.9 Å². The summed E-state index contributed by atoms with van der Waals surface area (Å²) in [5, 5.41) is 7.83. The molecule has 6 heteroatoms. The highest BCUT2D eigenvalue weighted by Gasteiger charge is 2.24. The Bertz CT molecular complexity index is 878. The standard InChI is InChI=1S/C25H35FN4O/c1-18-24(19(2)30(28-18)23-10-8-21(26)9-11-23)16-25(31)27-22-12-14-29(15-13-22)17-20-6-4-3-5-7-20/h8-11,20,22H,3-7,12-17H2,1-2H3,(H,27,31). The summed E-state index contributed by atoms with van der Waals surface area (Å²) in [6, 6.07) is 6.54. The number of carbonyl (C=O) groups excluding carboxylic acids is 1. The first-order valence-corrected chi connectivity index (χ1v) is 11.8. The van der Waals surface area contributed by atoms with Gasteiger partial charge in [-0.05, 0) is 69.7 Å². The van der Waals surface area contributed by atoms with Gasteiger partial charge in [-0.15, -0.1) is 0 Å². The van der Waals surface area contributed by atoms with Crippen molar-refractivity contribution in [1.82, 2.24) is 20.0 Å². The lowest BCUT2D eigenvalue weighted by atomic mass is 9.88. The molecule has 2 heterocycles. The second-order valence-electron chi connectivity index (χ2n) is 9.36. The van der Waals surface area contributed by atoms with Crippen molar-refractivity contribution in [1.29, 1.82) is 0 Å². The van der Waals surface area contributed by atoms with E-state index >= 15 is 0 Å². The van der Waals surface area contributed by atoms with E-state index in [0.717, 1.165) is 54.5 Å². The van der Waals surface area contributed by atoms with Crippen molar-refractivity contribution in [2.24, 2.45) is 5.92 Å². The van der Waals surface area contributed by atoms with Gasteiger partial charge in [-0.2, -0.15) is 5.10 Å². The van der Waals surface area contributed by atoms with Crippen LogP contribution in [0.3, 0.4) is 0 Å². The molecular formula is C25H35FN4O. The minimum absolute atomic E-state index is 0.0654. The molecule has 2 aromatic rings. The average Bonchev–Trinajstić information content (AvgIpc) is 3.05. The van der Waals surface area contributed by atoms with Crippen molar-refractivity contribution in [3.63, 3.8) is 0 Å². The summed E-state index contributed by atoms with van der Waals surface area (Å²) < 4.78 is 15.0. The number of aryl methyl sites for hydroxylation is 1. The second kappa shape index (κ2) is 9.94. The zero-order chi connectivity index (χ0) is 21.8. The van der Waals surface area contributed by atoms with Crippen LogP contribution in [0.2, 0.25) is 0 Å². The number of aromatic nitrogens is 2. The lowest BCUT2D eigenvalue weighted by Crippen LogP contribution is -2.46. The van der Waals surface area contributed by atoms with Crippen molar-refractivity contribution in [2.45, 2.75) is 71.3 Å². The molecule has 168 valence electrons. The fourth-order valence-electron chi connectivity index (χ4n) is 5.20. The van der Waals surface area contributed by atoms with Crippen LogP contribution < -0.4 is 5.32 Å². The summed E-state index contributed by atoms with van der Waals surface area (Å²) in [4.78, 5) is 15.4. The van der Waals surface area contributed by atoms with Crippen molar-refractivity contribution < 1.29 is 9.18 Å². The van der Waals surface area contributed by atoms with Gasteiger partial charge >= 0.3 is 0 Å². The van der Waals surface area contributed by atoms with Gasteiger partial charge in [0.2, 0.25) is 5.91 Å². The number of halogens is 1. The largest absolute Gasteiger partial charge is 0.353 e. The molecule has 1 N–H and O–H groups in total. The normalized spacial score (nSPS) is 18.9. The maximum absolute atomic E-state index is 13.2. The quantitative estimate of drug-likeness (QED) is 0.748. The van der Waals surface area contributed by atoms with Crippen molar-refractivity contribution in [3.05, 3.63) is 47.0 Å². The van der Waals surface area contributed by atoms with E-state index in [1.165, 1.54) is 50.8 Å². The number of nitrogens with one attached hydrogen (secondary N) is 1. The minimum atomic E-state index is -0.269. The lowest BCUT2D eigenvalue weighted by molar-refractivity contribution is -0.121. The number of nitrogens with zero attached hydrogens (tertiary/aromatic N) is 3. The van der Waals surface area contributed by atoms with Gasteiger partial charge in [-0.3, -0.25) is 4.79 Å². The zero-order valence-electron chi connectivity index (χ0n) is 18.9. The summed E-state index contributed by atoms with van der Waals surface area (Å²) in [6.07, 6.45) is 9.38. The Morgan fingerprint density at radius 1 is 1.06 bits per heavy atom. The third-order valence-electron chi connectivity index (χ3n) is 7.04. The summed E-state index contributed by atoms with van der Waals surface area (Å²) in [7, 11) is 0. The van der Waals surface area contributed by atoms with Gasteiger partial charge in [0.05, 0.1) is 17.8 Å². The Morgan fingerprint density at radius 2 is 1.74 bits per heavy atom. The Hall–Kier alpha value is -2.21. The fourth-order valence-corrected chi connectivity index (χ4v) is 5.20. The Morgan fingerprint density at radius 3 is 2.42 bits per heavy atom. The Balaban J connectivity index is 1.29. The molecular weight excluding hydrogens is 391 g/mol. The topological polar surface area (TPSA) is 50.2 Å². The highest BCUT2D eigenvalue weighted by atomic mass is 19.1. The number of piperidine rings is 1. The SMILES string of the molecule is Cc1nn(-c2ccc(F)cc2)c(C)c1CC(=O)NC1CCN(CC2CCCCC2)CC1. The Labute approximate surface area is 185 Å². The van der Waals surface area contributed by atoms with Gasteiger partial charge in [-0.1, -0.05) is 19.3 Å². The maximum Gasteiger partial charge on any atom is 0.224 e. The van der Waals surface area contributed by atoms with Crippen molar-refractivity contribution in [2.75, 3.05) is 19.6 Å². The molecule has 2 aliphatic rings. The van der Waals surface area contributed by atoms with Gasteiger partial charge in [-0.25, -0.2) is 9.07 Å². The number of likely N-dealkylation sites (tertiary alicyclic amines) is 1. The number of amides is 1. The molecule has 31 heavy (non-hydrogen) atoms. The zero-order valence-corrected chi connectivity index (χ0v) is 18.9. The minimum Gasteiger partial charge on any atom is -0.353 e. The van der Waals surface area contributed by atoms with Crippen LogP contribution in [0, 0.1) is 25.6 Å². The molecule has 0 bridgehead atoms. The molecule has 0 radical (unpaired) electrons. The average molecular weight is 427 g/mol. The van der Waals surface area contributed by atoms with E-state index in [2.05, 4.69) is 15.3 Å². The smallest absolute Gasteiger partial charge is 0.224 e. The number of carbonyl (C=O) groups is 1. The van der Waals surface area contributed by atoms with Gasteiger partial charge in [0.1, 0.15) is 5.82 Å². The molecule has 1 saturated heterocycles. The summed E-state index contributed by atoms with van der Waals surface area (Å²) in [6.45, 7) is 7.31. The third-order valence-corrected chi connectivity index (χ3v) is 7.04. The van der Waals surface area contributed by atoms with E-state index in [0.29, 0.717) is 6.42 Å². The van der Waals surface area contributed by atoms with Crippen LogP contribution in [0.4, 0.5) is 4.39 Å². The molecule has 0 spiro atoms. The summed E-state index contributed by atoms with van der Waals surface area (Å²) in [5.74, 6) is 0.675. The van der Waals surface area contributed by atoms with E-state index in [1.807, 2.05) is 13.8 Å². The summed E-state index contributed by atoms with van der Waals surface area (Å²) >= 11 is 0. The molecule has 1 aliphatic carbocycles. The van der Waals surface area contributed by atoms with Crippen molar-refractivity contribution >= 4 is 5.91 Å².